The van der Waals surface area contributed by atoms with Gasteiger partial charge in [0, 0.05) is 17.1 Å². The van der Waals surface area contributed by atoms with Gasteiger partial charge in [-0.15, -0.1) is 0 Å². The number of fused-ring (bicyclic) bond motifs is 1. The van der Waals surface area contributed by atoms with Crippen LogP contribution in [-0.4, -0.2) is 6.79 Å². The van der Waals surface area contributed by atoms with Gasteiger partial charge in [-0.3, -0.25) is 0 Å². The molecule has 21 heavy (non-hydrogen) atoms. The normalized spacial score (nSPS) is 15.8. The number of ether oxygens (including phenoxy) is 2. The fraction of sp³-hybridized carbons (Fsp3) is 0.294. The van der Waals surface area contributed by atoms with Crippen molar-refractivity contribution in [3.63, 3.8) is 0 Å². The summed E-state index contributed by atoms with van der Waals surface area (Å²) >= 11 is 5.93. The predicted octanol–water partition coefficient (Wildman–Crippen LogP) is 4.48. The topological polar surface area (TPSA) is 30.5 Å². The third-order valence-electron chi connectivity index (χ3n) is 3.77. The molecule has 0 aliphatic carbocycles. The second-order valence-corrected chi connectivity index (χ2v) is 5.71. The Morgan fingerprint density at radius 2 is 1.52 bits per heavy atom. The van der Waals surface area contributed by atoms with Crippen LogP contribution in [-0.2, 0) is 0 Å². The second kappa shape index (κ2) is 5.96. The van der Waals surface area contributed by atoms with E-state index in [1.165, 1.54) is 11.1 Å². The van der Waals surface area contributed by atoms with Crippen LogP contribution in [0.5, 0.6) is 11.5 Å². The highest BCUT2D eigenvalue weighted by atomic mass is 35.5. The molecule has 0 amide bonds. The lowest BCUT2D eigenvalue weighted by Gasteiger charge is -2.21. The predicted molar refractivity (Wildman–Crippen MR) is 84.0 cm³/mol. The van der Waals surface area contributed by atoms with Crippen molar-refractivity contribution in [3.8, 4) is 11.5 Å². The quantitative estimate of drug-likeness (QED) is 0.903. The van der Waals surface area contributed by atoms with Crippen LogP contribution in [0.3, 0.4) is 0 Å². The van der Waals surface area contributed by atoms with Gasteiger partial charge >= 0.3 is 0 Å². The van der Waals surface area contributed by atoms with Crippen LogP contribution >= 0.6 is 11.6 Å². The molecule has 0 aromatic heterocycles. The Morgan fingerprint density at radius 1 is 0.905 bits per heavy atom. The van der Waals surface area contributed by atoms with Crippen LogP contribution in [0.1, 0.15) is 37.1 Å². The number of rotatable bonds is 4. The minimum absolute atomic E-state index is 0.213. The molecule has 0 bridgehead atoms. The molecule has 0 spiro atoms. The standard InChI is InChI=1S/C17H18ClNO2/c1-11(13-3-6-15(18)7-4-13)19-12(2)14-5-8-16-17(9-14)21-10-20-16/h3-9,11-12,19H,10H2,1-2H3/t11-,12?/m0/s1. The Balaban J connectivity index is 1.70. The maximum Gasteiger partial charge on any atom is 0.231 e. The first-order chi connectivity index (χ1) is 10.1. The Bertz CT molecular complexity index is 627. The van der Waals surface area contributed by atoms with Crippen LogP contribution < -0.4 is 14.8 Å². The maximum absolute atomic E-state index is 5.93. The van der Waals surface area contributed by atoms with E-state index in [1.54, 1.807) is 0 Å². The number of hydrogen-bond donors (Lipinski definition) is 1. The summed E-state index contributed by atoms with van der Waals surface area (Å²) in [6.45, 7) is 4.60. The fourth-order valence-electron chi connectivity index (χ4n) is 2.50. The monoisotopic (exact) mass is 303 g/mol. The molecule has 2 aromatic rings. The Labute approximate surface area is 129 Å². The zero-order valence-corrected chi connectivity index (χ0v) is 12.9. The van der Waals surface area contributed by atoms with Crippen molar-refractivity contribution in [1.29, 1.82) is 0 Å². The van der Waals surface area contributed by atoms with Crippen LogP contribution in [0.4, 0.5) is 0 Å². The smallest absolute Gasteiger partial charge is 0.231 e. The van der Waals surface area contributed by atoms with Crippen LogP contribution in [0, 0.1) is 0 Å². The maximum atomic E-state index is 5.93. The molecule has 4 heteroatoms. The highest BCUT2D eigenvalue weighted by Crippen LogP contribution is 2.34. The molecule has 1 aliphatic rings. The molecule has 2 aromatic carbocycles. The van der Waals surface area contributed by atoms with Gasteiger partial charge in [0.1, 0.15) is 0 Å². The van der Waals surface area contributed by atoms with Crippen molar-refractivity contribution < 1.29 is 9.47 Å². The minimum Gasteiger partial charge on any atom is -0.454 e. The molecule has 3 rings (SSSR count). The van der Waals surface area contributed by atoms with E-state index < -0.39 is 0 Å². The van der Waals surface area contributed by atoms with E-state index in [-0.39, 0.29) is 12.1 Å². The molecule has 1 unspecified atom stereocenters. The third kappa shape index (κ3) is 3.14. The number of halogens is 1. The lowest BCUT2D eigenvalue weighted by molar-refractivity contribution is 0.174. The van der Waals surface area contributed by atoms with Gasteiger partial charge in [-0.2, -0.15) is 0 Å². The average molecular weight is 304 g/mol. The summed E-state index contributed by atoms with van der Waals surface area (Å²) in [5.74, 6) is 1.64. The number of nitrogens with one attached hydrogen (secondary N) is 1. The SMILES string of the molecule is CC(N[C@@H](C)c1ccc(Cl)cc1)c1ccc2c(c1)OCO2. The molecule has 0 fully saturated rings. The molecule has 0 saturated carbocycles. The van der Waals surface area contributed by atoms with Crippen molar-refractivity contribution in [1.82, 2.24) is 5.32 Å². The molecule has 0 saturated heterocycles. The Morgan fingerprint density at radius 3 is 2.29 bits per heavy atom. The third-order valence-corrected chi connectivity index (χ3v) is 4.02. The van der Waals surface area contributed by atoms with Crippen molar-refractivity contribution in [3.05, 3.63) is 58.6 Å². The zero-order chi connectivity index (χ0) is 14.8. The molecular weight excluding hydrogens is 286 g/mol. The van der Waals surface area contributed by atoms with E-state index in [4.69, 9.17) is 21.1 Å². The largest absolute Gasteiger partial charge is 0.454 e. The molecule has 3 nitrogen and oxygen atoms in total. The van der Waals surface area contributed by atoms with Crippen molar-refractivity contribution in [2.45, 2.75) is 25.9 Å². The van der Waals surface area contributed by atoms with Gasteiger partial charge in [-0.25, -0.2) is 0 Å². The molecule has 0 radical (unpaired) electrons. The van der Waals surface area contributed by atoms with Gasteiger partial charge < -0.3 is 14.8 Å². The summed E-state index contributed by atoms with van der Waals surface area (Å²) in [7, 11) is 0. The van der Waals surface area contributed by atoms with E-state index in [2.05, 4.69) is 25.2 Å². The highest BCUT2D eigenvalue weighted by Gasteiger charge is 2.17. The molecule has 110 valence electrons. The molecular formula is C17H18ClNO2. The molecule has 1 heterocycles. The lowest BCUT2D eigenvalue weighted by Crippen LogP contribution is -2.22. The minimum atomic E-state index is 0.213. The van der Waals surface area contributed by atoms with Crippen molar-refractivity contribution in [2.24, 2.45) is 0 Å². The summed E-state index contributed by atoms with van der Waals surface area (Å²) in [4.78, 5) is 0. The van der Waals surface area contributed by atoms with Gasteiger partial charge in [0.2, 0.25) is 6.79 Å². The van der Waals surface area contributed by atoms with E-state index in [1.807, 2.05) is 36.4 Å². The van der Waals surface area contributed by atoms with E-state index in [0.717, 1.165) is 16.5 Å². The fourth-order valence-corrected chi connectivity index (χ4v) is 2.63. The summed E-state index contributed by atoms with van der Waals surface area (Å²) in [6.07, 6.45) is 0. The second-order valence-electron chi connectivity index (χ2n) is 5.27. The summed E-state index contributed by atoms with van der Waals surface area (Å²) < 4.78 is 10.8. The molecule has 1 N–H and O–H groups in total. The highest BCUT2D eigenvalue weighted by molar-refractivity contribution is 6.30. The number of benzene rings is 2. The lowest BCUT2D eigenvalue weighted by atomic mass is 10.0. The van der Waals surface area contributed by atoms with Crippen LogP contribution in [0.15, 0.2) is 42.5 Å². The Hall–Kier alpha value is -1.71. The van der Waals surface area contributed by atoms with Crippen molar-refractivity contribution in [2.75, 3.05) is 6.79 Å². The van der Waals surface area contributed by atoms with Gasteiger partial charge in [0.05, 0.1) is 0 Å². The molecule has 2 atom stereocenters. The average Bonchev–Trinajstić information content (AvgIpc) is 2.95. The van der Waals surface area contributed by atoms with E-state index >= 15 is 0 Å². The van der Waals surface area contributed by atoms with Crippen molar-refractivity contribution >= 4 is 11.6 Å². The summed E-state index contributed by atoms with van der Waals surface area (Å²) in [5, 5.41) is 4.34. The summed E-state index contributed by atoms with van der Waals surface area (Å²) in [6, 6.07) is 14.4. The van der Waals surface area contributed by atoms with Gasteiger partial charge in [-0.1, -0.05) is 29.8 Å². The van der Waals surface area contributed by atoms with Crippen LogP contribution in [0.2, 0.25) is 5.02 Å². The molecule has 1 aliphatic heterocycles. The van der Waals surface area contributed by atoms with Crippen LogP contribution in [0.25, 0.3) is 0 Å². The first-order valence-corrected chi connectivity index (χ1v) is 7.42. The Kier molecular flexibility index (Phi) is 4.04. The van der Waals surface area contributed by atoms with Gasteiger partial charge in [0.25, 0.3) is 0 Å². The van der Waals surface area contributed by atoms with E-state index in [0.29, 0.717) is 6.79 Å². The first kappa shape index (κ1) is 14.2. The van der Waals surface area contributed by atoms with E-state index in [9.17, 15) is 0 Å². The zero-order valence-electron chi connectivity index (χ0n) is 12.1. The van der Waals surface area contributed by atoms with Gasteiger partial charge in [-0.05, 0) is 49.2 Å². The number of hydrogen-bond acceptors (Lipinski definition) is 3. The first-order valence-electron chi connectivity index (χ1n) is 7.04. The van der Waals surface area contributed by atoms with Gasteiger partial charge in [0.15, 0.2) is 11.5 Å². The summed E-state index contributed by atoms with van der Waals surface area (Å²) in [5.41, 5.74) is 2.40.